The van der Waals surface area contributed by atoms with Crippen LogP contribution >= 0.6 is 11.8 Å². The number of ether oxygens (including phenoxy) is 1. The first-order valence-electron chi connectivity index (χ1n) is 11.0. The third kappa shape index (κ3) is 5.72. The number of aliphatic carboxylic acids is 1. The Morgan fingerprint density at radius 2 is 1.97 bits per heavy atom. The van der Waals surface area contributed by atoms with Crippen LogP contribution in [0, 0.1) is 0 Å². The molecular formula is C24H30N2O5S2. The molecule has 0 saturated carbocycles. The molecule has 7 nitrogen and oxygen atoms in total. The quantitative estimate of drug-likeness (QED) is 0.297. The normalized spacial score (nSPS) is 18.2. The van der Waals surface area contributed by atoms with E-state index < -0.39 is 16.0 Å². The number of carbonyl (C=O) groups is 1. The standard InChI is InChI=1S/C24H30N2O5S2/c1-4-6-10-19-17-26(18-11-8-7-9-12-18)20-15-22(32-5-2)21(31-14-13-24(27)28)16-23(20)33(29,30)25(19)3/h7-9,11-16,19H,4-6,10,17H2,1-3H3,(H,27,28)/b14-13+/t19-/m0/s1. The Kier molecular flexibility index (Phi) is 8.45. The molecule has 1 atom stereocenters. The van der Waals surface area contributed by atoms with E-state index in [0.717, 1.165) is 47.9 Å². The van der Waals surface area contributed by atoms with Gasteiger partial charge in [0.15, 0.2) is 0 Å². The summed E-state index contributed by atoms with van der Waals surface area (Å²) in [6.07, 6.45) is 4.60. The van der Waals surface area contributed by atoms with E-state index in [1.54, 1.807) is 7.05 Å². The van der Waals surface area contributed by atoms with Gasteiger partial charge in [-0.25, -0.2) is 13.2 Å². The van der Waals surface area contributed by atoms with Gasteiger partial charge in [0.25, 0.3) is 0 Å². The molecule has 2 aromatic rings. The van der Waals surface area contributed by atoms with Crippen molar-refractivity contribution in [2.24, 2.45) is 0 Å². The van der Waals surface area contributed by atoms with E-state index in [1.165, 1.54) is 22.1 Å². The van der Waals surface area contributed by atoms with Gasteiger partial charge in [0, 0.05) is 31.4 Å². The lowest BCUT2D eigenvalue weighted by atomic mass is 10.1. The van der Waals surface area contributed by atoms with Crippen molar-refractivity contribution in [2.45, 2.75) is 48.9 Å². The second-order valence-corrected chi connectivity index (χ2v) is 11.0. The molecule has 0 radical (unpaired) electrons. The fourth-order valence-corrected chi connectivity index (χ4v) is 6.13. The number of nitrogens with zero attached hydrogens (tertiary/aromatic N) is 2. The first-order chi connectivity index (χ1) is 15.8. The van der Waals surface area contributed by atoms with Crippen molar-refractivity contribution < 1.29 is 23.1 Å². The van der Waals surface area contributed by atoms with E-state index in [2.05, 4.69) is 11.8 Å². The molecule has 1 N–H and O–H groups in total. The third-order valence-electron chi connectivity index (χ3n) is 5.54. The smallest absolute Gasteiger partial charge is 0.331 e. The Morgan fingerprint density at radius 1 is 1.24 bits per heavy atom. The van der Waals surface area contributed by atoms with Crippen LogP contribution in [0.25, 0.3) is 0 Å². The summed E-state index contributed by atoms with van der Waals surface area (Å²) in [5.41, 5.74) is 1.51. The summed E-state index contributed by atoms with van der Waals surface area (Å²) < 4.78 is 34.5. The second-order valence-electron chi connectivity index (χ2n) is 7.72. The lowest BCUT2D eigenvalue weighted by Crippen LogP contribution is -2.40. The minimum atomic E-state index is -3.81. The average Bonchev–Trinajstić information content (AvgIpc) is 2.87. The molecule has 3 rings (SSSR count). The summed E-state index contributed by atoms with van der Waals surface area (Å²) in [4.78, 5) is 13.8. The largest absolute Gasteiger partial charge is 0.478 e. The number of carboxylic acids is 1. The maximum atomic E-state index is 13.7. The zero-order chi connectivity index (χ0) is 24.0. The lowest BCUT2D eigenvalue weighted by molar-refractivity contribution is -0.131. The van der Waals surface area contributed by atoms with Crippen molar-refractivity contribution in [1.29, 1.82) is 0 Å². The maximum absolute atomic E-state index is 13.7. The van der Waals surface area contributed by atoms with E-state index in [0.29, 0.717) is 18.0 Å². The van der Waals surface area contributed by atoms with Gasteiger partial charge < -0.3 is 14.7 Å². The molecule has 1 heterocycles. The first-order valence-corrected chi connectivity index (χ1v) is 13.4. The molecule has 9 heteroatoms. The van der Waals surface area contributed by atoms with Gasteiger partial charge in [-0.05, 0) is 30.4 Å². The van der Waals surface area contributed by atoms with Crippen molar-refractivity contribution in [3.63, 3.8) is 0 Å². The Hall–Kier alpha value is -2.49. The van der Waals surface area contributed by atoms with Crippen molar-refractivity contribution in [2.75, 3.05) is 24.2 Å². The van der Waals surface area contributed by atoms with Crippen LogP contribution in [0.1, 0.15) is 33.1 Å². The number of unbranched alkanes of at least 4 members (excludes halogenated alkanes) is 1. The summed E-state index contributed by atoms with van der Waals surface area (Å²) in [6.45, 7) is 4.62. The fraction of sp³-hybridized carbons (Fsp3) is 0.375. The van der Waals surface area contributed by atoms with Crippen molar-refractivity contribution in [3.05, 3.63) is 54.8 Å². The summed E-state index contributed by atoms with van der Waals surface area (Å²) in [7, 11) is -2.18. The van der Waals surface area contributed by atoms with Gasteiger partial charge in [-0.2, -0.15) is 4.31 Å². The summed E-state index contributed by atoms with van der Waals surface area (Å²) in [6, 6.07) is 12.9. The van der Waals surface area contributed by atoms with Crippen LogP contribution in [0.2, 0.25) is 0 Å². The first kappa shape index (κ1) is 25.1. The fourth-order valence-electron chi connectivity index (χ4n) is 3.81. The molecular weight excluding hydrogens is 460 g/mol. The maximum Gasteiger partial charge on any atom is 0.331 e. The van der Waals surface area contributed by atoms with E-state index in [4.69, 9.17) is 9.84 Å². The molecule has 178 valence electrons. The van der Waals surface area contributed by atoms with Gasteiger partial charge in [0.1, 0.15) is 10.6 Å². The molecule has 0 saturated heterocycles. The lowest BCUT2D eigenvalue weighted by Gasteiger charge is -2.29. The number of likely N-dealkylation sites (N-methyl/N-ethyl adjacent to an activating group) is 1. The Balaban J connectivity index is 2.21. The molecule has 0 aliphatic carbocycles. The molecule has 0 aromatic heterocycles. The number of hydrogen-bond donors (Lipinski definition) is 1. The number of thioether (sulfide) groups is 1. The average molecular weight is 491 g/mol. The number of benzene rings is 2. The molecule has 0 amide bonds. The molecule has 0 unspecified atom stereocenters. The van der Waals surface area contributed by atoms with Crippen molar-refractivity contribution in [1.82, 2.24) is 4.31 Å². The van der Waals surface area contributed by atoms with Gasteiger partial charge in [0.05, 0.1) is 22.9 Å². The van der Waals surface area contributed by atoms with Gasteiger partial charge in [0.2, 0.25) is 10.0 Å². The number of rotatable bonds is 9. The van der Waals surface area contributed by atoms with Crippen LogP contribution in [0.15, 0.2) is 64.6 Å². The number of sulfonamides is 1. The molecule has 33 heavy (non-hydrogen) atoms. The number of fused-ring (bicyclic) bond motifs is 1. The minimum absolute atomic E-state index is 0.145. The predicted octanol–water partition coefficient (Wildman–Crippen LogP) is 5.11. The summed E-state index contributed by atoms with van der Waals surface area (Å²) in [5, 5.41) is 8.89. The Labute approximate surface area is 200 Å². The minimum Gasteiger partial charge on any atom is -0.478 e. The highest BCUT2D eigenvalue weighted by molar-refractivity contribution is 7.99. The van der Waals surface area contributed by atoms with E-state index in [1.807, 2.05) is 43.3 Å². The van der Waals surface area contributed by atoms with Crippen molar-refractivity contribution in [3.8, 4) is 5.75 Å². The van der Waals surface area contributed by atoms with Gasteiger partial charge in [-0.3, -0.25) is 0 Å². The number of hydrogen-bond acceptors (Lipinski definition) is 6. The van der Waals surface area contributed by atoms with E-state index in [9.17, 15) is 13.2 Å². The van der Waals surface area contributed by atoms with Crippen LogP contribution in [0.4, 0.5) is 11.4 Å². The highest BCUT2D eigenvalue weighted by Gasteiger charge is 2.37. The number of carboxylic acid groups (broad SMARTS) is 1. The summed E-state index contributed by atoms with van der Waals surface area (Å²) in [5.74, 6) is -0.0829. The van der Waals surface area contributed by atoms with Crippen LogP contribution in [-0.2, 0) is 14.8 Å². The number of para-hydroxylation sites is 1. The van der Waals surface area contributed by atoms with Crippen LogP contribution in [-0.4, -0.2) is 49.2 Å². The zero-order valence-corrected chi connectivity index (χ0v) is 20.7. The number of anilines is 2. The highest BCUT2D eigenvalue weighted by Crippen LogP contribution is 2.43. The summed E-state index contributed by atoms with van der Waals surface area (Å²) >= 11 is 1.51. The van der Waals surface area contributed by atoms with Gasteiger partial charge in [-0.15, -0.1) is 11.8 Å². The monoisotopic (exact) mass is 490 g/mol. The molecule has 0 spiro atoms. The van der Waals surface area contributed by atoms with Gasteiger partial charge in [-0.1, -0.05) is 44.9 Å². The third-order valence-corrected chi connectivity index (χ3v) is 8.40. The highest BCUT2D eigenvalue weighted by atomic mass is 32.2. The van der Waals surface area contributed by atoms with Crippen LogP contribution < -0.4 is 9.64 Å². The molecule has 0 bridgehead atoms. The van der Waals surface area contributed by atoms with Crippen molar-refractivity contribution >= 4 is 39.1 Å². The Morgan fingerprint density at radius 3 is 2.61 bits per heavy atom. The zero-order valence-electron chi connectivity index (χ0n) is 19.1. The van der Waals surface area contributed by atoms with E-state index >= 15 is 0 Å². The SMILES string of the molecule is CCCC[C@H]1CN(c2ccccc2)c2cc(SCC)c(O/C=C/C(=O)O)cc2S(=O)(=O)N1C. The van der Waals surface area contributed by atoms with Crippen LogP contribution in [0.5, 0.6) is 5.75 Å². The molecule has 1 aliphatic heterocycles. The van der Waals surface area contributed by atoms with Gasteiger partial charge >= 0.3 is 5.97 Å². The van der Waals surface area contributed by atoms with Crippen LogP contribution in [0.3, 0.4) is 0 Å². The molecule has 2 aromatic carbocycles. The molecule has 1 aliphatic rings. The Bertz CT molecular complexity index is 1100. The second kappa shape index (κ2) is 11.1. The topological polar surface area (TPSA) is 87.1 Å². The predicted molar refractivity (Wildman–Crippen MR) is 132 cm³/mol. The van der Waals surface area contributed by atoms with E-state index in [-0.39, 0.29) is 10.9 Å². The molecule has 0 fully saturated rings.